The lowest BCUT2D eigenvalue weighted by atomic mass is 10.0. The second kappa shape index (κ2) is 4.37. The third-order valence-electron chi connectivity index (χ3n) is 3.63. The number of nitrogens with two attached hydrogens (primary N) is 1. The van der Waals surface area contributed by atoms with Gasteiger partial charge in [-0.3, -0.25) is 0 Å². The summed E-state index contributed by atoms with van der Waals surface area (Å²) in [6, 6.07) is 14.9. The summed E-state index contributed by atoms with van der Waals surface area (Å²) in [6.45, 7) is 1.14. The van der Waals surface area contributed by atoms with Gasteiger partial charge in [0.15, 0.2) is 0 Å². The Hall–Kier alpha value is -1.96. The largest absolute Gasteiger partial charge is 0.399 e. The number of nitrogens with zero attached hydrogens (tertiary/aromatic N) is 1. The summed E-state index contributed by atoms with van der Waals surface area (Å²) >= 11 is 0. The number of hydrogen-bond donors (Lipinski definition) is 1. The Kier molecular flexibility index (Phi) is 2.71. The van der Waals surface area contributed by atoms with Crippen molar-refractivity contribution in [2.75, 3.05) is 24.2 Å². The molecule has 0 saturated heterocycles. The molecule has 2 aromatic carbocycles. The molecule has 0 bridgehead atoms. The van der Waals surface area contributed by atoms with Crippen molar-refractivity contribution in [1.82, 2.24) is 0 Å². The summed E-state index contributed by atoms with van der Waals surface area (Å²) in [4.78, 5) is 2.32. The first kappa shape index (κ1) is 11.1. The van der Waals surface area contributed by atoms with Crippen molar-refractivity contribution in [3.8, 4) is 0 Å². The van der Waals surface area contributed by atoms with Crippen LogP contribution in [0.2, 0.25) is 0 Å². The minimum atomic E-state index is 0.841. The van der Waals surface area contributed by atoms with Crippen molar-refractivity contribution in [2.24, 2.45) is 0 Å². The lowest BCUT2D eigenvalue weighted by Gasteiger charge is -2.12. The second-order valence-corrected chi connectivity index (χ2v) is 5.06. The summed E-state index contributed by atoms with van der Waals surface area (Å²) in [5, 5.41) is 0. The number of nitrogen functional groups attached to an aromatic ring is 1. The van der Waals surface area contributed by atoms with Gasteiger partial charge in [0.1, 0.15) is 0 Å². The van der Waals surface area contributed by atoms with E-state index < -0.39 is 0 Å². The fourth-order valence-corrected chi connectivity index (χ4v) is 2.67. The van der Waals surface area contributed by atoms with Crippen molar-refractivity contribution in [3.63, 3.8) is 0 Å². The number of hydrogen-bond acceptors (Lipinski definition) is 2. The highest BCUT2D eigenvalue weighted by atomic mass is 15.1. The van der Waals surface area contributed by atoms with E-state index in [2.05, 4.69) is 42.3 Å². The van der Waals surface area contributed by atoms with Crippen molar-refractivity contribution >= 4 is 11.4 Å². The highest BCUT2D eigenvalue weighted by Gasteiger charge is 2.15. The minimum absolute atomic E-state index is 0.841. The molecule has 0 radical (unpaired) electrons. The molecular formula is C16H18N2. The van der Waals surface area contributed by atoms with Crippen LogP contribution in [0, 0.1) is 0 Å². The molecule has 0 atom stereocenters. The summed E-state index contributed by atoms with van der Waals surface area (Å²) in [7, 11) is 2.16. The van der Waals surface area contributed by atoms with Crippen molar-refractivity contribution in [1.29, 1.82) is 0 Å². The number of anilines is 2. The maximum Gasteiger partial charge on any atom is 0.0397 e. The molecule has 2 nitrogen and oxygen atoms in total. The zero-order chi connectivity index (χ0) is 12.5. The van der Waals surface area contributed by atoms with E-state index in [9.17, 15) is 0 Å². The molecular weight excluding hydrogens is 220 g/mol. The monoisotopic (exact) mass is 238 g/mol. The second-order valence-electron chi connectivity index (χ2n) is 5.06. The van der Waals surface area contributed by atoms with E-state index in [0.29, 0.717) is 0 Å². The number of fused-ring (bicyclic) bond motifs is 1. The molecule has 92 valence electrons. The predicted octanol–water partition coefficient (Wildman–Crippen LogP) is 2.85. The molecule has 0 unspecified atom stereocenters. The van der Waals surface area contributed by atoms with Gasteiger partial charge in [-0.1, -0.05) is 24.3 Å². The van der Waals surface area contributed by atoms with Crippen LogP contribution in [0.15, 0.2) is 42.5 Å². The van der Waals surface area contributed by atoms with Crippen molar-refractivity contribution in [2.45, 2.75) is 12.8 Å². The van der Waals surface area contributed by atoms with Gasteiger partial charge in [0.05, 0.1) is 0 Å². The highest BCUT2D eigenvalue weighted by Crippen LogP contribution is 2.28. The molecule has 0 aromatic heterocycles. The van der Waals surface area contributed by atoms with Crippen LogP contribution in [-0.2, 0) is 12.8 Å². The number of likely N-dealkylation sites (N-methyl/N-ethyl adjacent to an activating group) is 1. The fourth-order valence-electron chi connectivity index (χ4n) is 2.67. The van der Waals surface area contributed by atoms with Crippen LogP contribution >= 0.6 is 0 Å². The average Bonchev–Trinajstić information content (AvgIpc) is 2.71. The van der Waals surface area contributed by atoms with E-state index in [0.717, 1.165) is 25.1 Å². The zero-order valence-corrected chi connectivity index (χ0v) is 10.7. The van der Waals surface area contributed by atoms with Gasteiger partial charge in [-0.25, -0.2) is 0 Å². The topological polar surface area (TPSA) is 29.3 Å². The van der Waals surface area contributed by atoms with Crippen LogP contribution < -0.4 is 10.6 Å². The molecule has 18 heavy (non-hydrogen) atoms. The Morgan fingerprint density at radius 3 is 2.78 bits per heavy atom. The van der Waals surface area contributed by atoms with E-state index >= 15 is 0 Å². The van der Waals surface area contributed by atoms with E-state index in [1.54, 1.807) is 0 Å². The average molecular weight is 238 g/mol. The van der Waals surface area contributed by atoms with Crippen LogP contribution in [0.5, 0.6) is 0 Å². The molecule has 1 aliphatic rings. The molecule has 0 amide bonds. The van der Waals surface area contributed by atoms with Gasteiger partial charge in [-0.2, -0.15) is 0 Å². The first-order valence-electron chi connectivity index (χ1n) is 6.40. The van der Waals surface area contributed by atoms with E-state index in [-0.39, 0.29) is 0 Å². The fraction of sp³-hybridized carbons (Fsp3) is 0.250. The quantitative estimate of drug-likeness (QED) is 0.815. The van der Waals surface area contributed by atoms with E-state index in [1.807, 2.05) is 12.1 Å². The molecule has 0 aliphatic carbocycles. The standard InChI is InChI=1S/C16H18N2/c1-18-8-7-14-10-13(5-6-16(14)18)9-12-3-2-4-15(17)11-12/h2-6,10-11H,7-9,17H2,1H3. The van der Waals surface area contributed by atoms with Crippen LogP contribution in [0.25, 0.3) is 0 Å². The Morgan fingerprint density at radius 2 is 1.94 bits per heavy atom. The number of rotatable bonds is 2. The van der Waals surface area contributed by atoms with Crippen LogP contribution in [0.1, 0.15) is 16.7 Å². The van der Waals surface area contributed by atoms with Gasteiger partial charge in [0.25, 0.3) is 0 Å². The van der Waals surface area contributed by atoms with Gasteiger partial charge in [0.2, 0.25) is 0 Å². The Morgan fingerprint density at radius 1 is 1.11 bits per heavy atom. The molecule has 1 aliphatic heterocycles. The van der Waals surface area contributed by atoms with Gasteiger partial charge >= 0.3 is 0 Å². The molecule has 2 aromatic rings. The van der Waals surface area contributed by atoms with Gasteiger partial charge in [0, 0.05) is 25.0 Å². The van der Waals surface area contributed by atoms with Crippen LogP contribution in [0.4, 0.5) is 11.4 Å². The first-order chi connectivity index (χ1) is 8.72. The molecule has 3 rings (SSSR count). The maximum absolute atomic E-state index is 5.81. The smallest absolute Gasteiger partial charge is 0.0397 e. The first-order valence-corrected chi connectivity index (χ1v) is 6.40. The maximum atomic E-state index is 5.81. The van der Waals surface area contributed by atoms with E-state index in [4.69, 9.17) is 5.73 Å². The Bertz CT molecular complexity index is 575. The normalized spacial score (nSPS) is 13.7. The molecule has 0 spiro atoms. The highest BCUT2D eigenvalue weighted by molar-refractivity contribution is 5.58. The summed E-state index contributed by atoms with van der Waals surface area (Å²) in [5.74, 6) is 0. The van der Waals surface area contributed by atoms with Crippen LogP contribution in [-0.4, -0.2) is 13.6 Å². The Balaban J connectivity index is 1.86. The molecule has 2 N–H and O–H groups in total. The lowest BCUT2D eigenvalue weighted by Crippen LogP contribution is -2.12. The lowest BCUT2D eigenvalue weighted by molar-refractivity contribution is 0.956. The number of benzene rings is 2. The van der Waals surface area contributed by atoms with Crippen LogP contribution in [0.3, 0.4) is 0 Å². The van der Waals surface area contributed by atoms with Gasteiger partial charge in [-0.15, -0.1) is 0 Å². The SMILES string of the molecule is CN1CCc2cc(Cc3cccc(N)c3)ccc21. The molecule has 2 heteroatoms. The third-order valence-corrected chi connectivity index (χ3v) is 3.63. The summed E-state index contributed by atoms with van der Waals surface area (Å²) in [6.07, 6.45) is 2.12. The third kappa shape index (κ3) is 2.06. The van der Waals surface area contributed by atoms with Gasteiger partial charge in [-0.05, 0) is 47.7 Å². The molecule has 0 fully saturated rings. The molecule has 1 heterocycles. The van der Waals surface area contributed by atoms with Crippen molar-refractivity contribution < 1.29 is 0 Å². The predicted molar refractivity (Wildman–Crippen MR) is 77.1 cm³/mol. The summed E-state index contributed by atoms with van der Waals surface area (Å²) < 4.78 is 0. The van der Waals surface area contributed by atoms with E-state index in [1.165, 1.54) is 22.4 Å². The Labute approximate surface area is 108 Å². The minimum Gasteiger partial charge on any atom is -0.399 e. The van der Waals surface area contributed by atoms with Crippen molar-refractivity contribution in [3.05, 3.63) is 59.2 Å². The van der Waals surface area contributed by atoms with Gasteiger partial charge < -0.3 is 10.6 Å². The summed E-state index contributed by atoms with van der Waals surface area (Å²) in [5.41, 5.74) is 12.2. The zero-order valence-electron chi connectivity index (χ0n) is 10.7. The molecule has 0 saturated carbocycles.